The quantitative estimate of drug-likeness (QED) is 0.0681. The van der Waals surface area contributed by atoms with Gasteiger partial charge in [-0.25, -0.2) is 8.78 Å². The predicted octanol–water partition coefficient (Wildman–Crippen LogP) is 12.1. The zero-order valence-electron chi connectivity index (χ0n) is 28.1. The summed E-state index contributed by atoms with van der Waals surface area (Å²) in [5, 5.41) is 2.90. The lowest BCUT2D eigenvalue weighted by Gasteiger charge is -2.30. The van der Waals surface area contributed by atoms with E-state index in [4.69, 9.17) is 5.73 Å². The van der Waals surface area contributed by atoms with Crippen molar-refractivity contribution in [1.82, 2.24) is 0 Å². The minimum atomic E-state index is -0.361. The maximum Gasteiger partial charge on any atom is 0.123 e. The first-order valence-electron chi connectivity index (χ1n) is 17.7. The van der Waals surface area contributed by atoms with Crippen LogP contribution in [-0.4, -0.2) is 6.54 Å². The van der Waals surface area contributed by atoms with Gasteiger partial charge in [-0.05, 0) is 109 Å². The standard InChI is InChI=1S/C43H47F2N3/c1-2-3-4-5-10-15-28-47(43-39-27-23-34(45)30-41(39)40-29-33(44)22-26-38(40)42(43)46)31-32-20-24-37(25-21-32)48(35-16-11-6-7-12-17-35)36-18-13-8-9-14-19-36/h6-8,11,13,16-18,20-27,29-30H,2-5,9-10,12,14-15,19,28,31,46H2,1H3. The number of unbranched alkanes of at least 4 members (excludes halogenated alkanes) is 5. The second kappa shape index (κ2) is 16.0. The van der Waals surface area contributed by atoms with Crippen LogP contribution in [0, 0.1) is 11.6 Å². The van der Waals surface area contributed by atoms with E-state index >= 15 is 0 Å². The Morgan fingerprint density at radius 1 is 0.750 bits per heavy atom. The fourth-order valence-electron chi connectivity index (χ4n) is 7.02. The number of halogens is 2. The molecule has 4 aromatic rings. The van der Waals surface area contributed by atoms with Crippen LogP contribution in [-0.2, 0) is 6.54 Å². The molecule has 0 atom stereocenters. The highest BCUT2D eigenvalue weighted by atomic mass is 19.1. The van der Waals surface area contributed by atoms with Crippen LogP contribution < -0.4 is 15.5 Å². The highest BCUT2D eigenvalue weighted by Gasteiger charge is 2.21. The number of nitrogens with two attached hydrogens (primary N) is 1. The first-order chi connectivity index (χ1) is 23.5. The second-order valence-electron chi connectivity index (χ2n) is 13.0. The molecule has 2 aliphatic carbocycles. The van der Waals surface area contributed by atoms with E-state index in [1.165, 1.54) is 66.9 Å². The van der Waals surface area contributed by atoms with E-state index in [0.717, 1.165) is 67.2 Å². The highest BCUT2D eigenvalue weighted by molar-refractivity contribution is 6.19. The summed E-state index contributed by atoms with van der Waals surface area (Å²) in [5.41, 5.74) is 13.2. The number of benzene rings is 4. The average molecular weight is 644 g/mol. The number of nitrogens with zero attached hydrogens (tertiary/aromatic N) is 2. The molecule has 0 aromatic heterocycles. The van der Waals surface area contributed by atoms with Crippen molar-refractivity contribution in [2.75, 3.05) is 22.1 Å². The summed E-state index contributed by atoms with van der Waals surface area (Å²) >= 11 is 0. The summed E-state index contributed by atoms with van der Waals surface area (Å²) < 4.78 is 29.1. The van der Waals surface area contributed by atoms with Crippen LogP contribution in [0.3, 0.4) is 0 Å². The topological polar surface area (TPSA) is 32.5 Å². The van der Waals surface area contributed by atoms with Crippen molar-refractivity contribution in [2.45, 2.75) is 77.7 Å². The van der Waals surface area contributed by atoms with Crippen LogP contribution in [0.1, 0.15) is 76.7 Å². The van der Waals surface area contributed by atoms with Crippen molar-refractivity contribution >= 4 is 38.6 Å². The number of fused-ring (bicyclic) bond motifs is 3. The summed E-state index contributed by atoms with van der Waals surface area (Å²) in [6.45, 7) is 3.70. The van der Waals surface area contributed by atoms with Crippen molar-refractivity contribution in [1.29, 1.82) is 0 Å². The third-order valence-corrected chi connectivity index (χ3v) is 9.47. The SMILES string of the molecule is CCCCCCCCN(Cc1ccc(N(C2=CCC=CC=C2)C2=CC=CCCC2)cc1)c1c(N)c2ccc(F)cc2c2cc(F)ccc12. The predicted molar refractivity (Wildman–Crippen MR) is 201 cm³/mol. The normalized spacial score (nSPS) is 14.6. The lowest BCUT2D eigenvalue weighted by atomic mass is 9.96. The van der Waals surface area contributed by atoms with E-state index in [-0.39, 0.29) is 11.6 Å². The molecule has 0 saturated carbocycles. The Hall–Kier alpha value is -4.64. The van der Waals surface area contributed by atoms with E-state index in [9.17, 15) is 8.78 Å². The molecule has 0 radical (unpaired) electrons. The van der Waals surface area contributed by atoms with Gasteiger partial charge in [0.15, 0.2) is 0 Å². The summed E-state index contributed by atoms with van der Waals surface area (Å²) in [5.74, 6) is -0.708. The molecule has 0 spiro atoms. The largest absolute Gasteiger partial charge is 0.397 e. The van der Waals surface area contributed by atoms with Crippen molar-refractivity contribution in [2.24, 2.45) is 0 Å². The molecule has 48 heavy (non-hydrogen) atoms. The number of anilines is 3. The van der Waals surface area contributed by atoms with Gasteiger partial charge in [0, 0.05) is 40.9 Å². The minimum absolute atomic E-state index is 0.347. The van der Waals surface area contributed by atoms with Gasteiger partial charge in [0.25, 0.3) is 0 Å². The van der Waals surface area contributed by atoms with Crippen LogP contribution in [0.5, 0.6) is 0 Å². The maximum absolute atomic E-state index is 14.7. The Kier molecular flexibility index (Phi) is 11.1. The molecule has 0 bridgehead atoms. The maximum atomic E-state index is 14.7. The number of nitrogen functional groups attached to an aromatic ring is 1. The van der Waals surface area contributed by atoms with E-state index in [0.29, 0.717) is 23.0 Å². The van der Waals surface area contributed by atoms with Crippen LogP contribution in [0.15, 0.2) is 121 Å². The van der Waals surface area contributed by atoms with Crippen LogP contribution >= 0.6 is 0 Å². The summed E-state index contributed by atoms with van der Waals surface area (Å²) in [6, 6.07) is 18.3. The van der Waals surface area contributed by atoms with Crippen molar-refractivity contribution in [3.63, 3.8) is 0 Å². The van der Waals surface area contributed by atoms with Crippen molar-refractivity contribution < 1.29 is 8.78 Å². The van der Waals surface area contributed by atoms with Gasteiger partial charge in [0.1, 0.15) is 11.6 Å². The van der Waals surface area contributed by atoms with Gasteiger partial charge >= 0.3 is 0 Å². The minimum Gasteiger partial charge on any atom is -0.397 e. The fourth-order valence-corrected chi connectivity index (χ4v) is 7.02. The van der Waals surface area contributed by atoms with Gasteiger partial charge < -0.3 is 15.5 Å². The summed E-state index contributed by atoms with van der Waals surface area (Å²) in [7, 11) is 0. The number of hydrogen-bond donors (Lipinski definition) is 1. The Balaban J connectivity index is 1.36. The molecule has 4 aromatic carbocycles. The van der Waals surface area contributed by atoms with Gasteiger partial charge in [-0.15, -0.1) is 0 Å². The Bertz CT molecular complexity index is 1880. The molecular weight excluding hydrogens is 596 g/mol. The summed E-state index contributed by atoms with van der Waals surface area (Å²) in [6.07, 6.45) is 28.8. The van der Waals surface area contributed by atoms with Gasteiger partial charge in [-0.1, -0.05) is 87.6 Å². The van der Waals surface area contributed by atoms with E-state index in [1.54, 1.807) is 12.1 Å². The third kappa shape index (κ3) is 7.73. The second-order valence-corrected chi connectivity index (χ2v) is 13.0. The first kappa shape index (κ1) is 33.3. The lowest BCUT2D eigenvalue weighted by molar-refractivity contribution is 0.598. The first-order valence-corrected chi connectivity index (χ1v) is 17.7. The monoisotopic (exact) mass is 643 g/mol. The average Bonchev–Trinajstić information content (AvgIpc) is 3.53. The zero-order valence-corrected chi connectivity index (χ0v) is 28.1. The van der Waals surface area contributed by atoms with E-state index in [2.05, 4.69) is 89.6 Å². The molecule has 6 rings (SSSR count). The summed E-state index contributed by atoms with van der Waals surface area (Å²) in [4.78, 5) is 4.74. The molecule has 3 nitrogen and oxygen atoms in total. The zero-order chi connectivity index (χ0) is 33.3. The molecule has 0 saturated heterocycles. The molecule has 0 fully saturated rings. The smallest absolute Gasteiger partial charge is 0.123 e. The Morgan fingerprint density at radius 2 is 1.48 bits per heavy atom. The fraction of sp³-hybridized carbons (Fsp3) is 0.302. The highest BCUT2D eigenvalue weighted by Crippen LogP contribution is 2.42. The Labute approximate surface area is 284 Å². The Morgan fingerprint density at radius 3 is 2.27 bits per heavy atom. The van der Waals surface area contributed by atoms with E-state index < -0.39 is 0 Å². The third-order valence-electron chi connectivity index (χ3n) is 9.47. The van der Waals surface area contributed by atoms with Gasteiger partial charge in [0.05, 0.1) is 11.4 Å². The van der Waals surface area contributed by atoms with Crippen molar-refractivity contribution in [3.05, 3.63) is 138 Å². The molecule has 0 aliphatic heterocycles. The molecule has 5 heteroatoms. The van der Waals surface area contributed by atoms with Crippen LogP contribution in [0.2, 0.25) is 0 Å². The van der Waals surface area contributed by atoms with Crippen LogP contribution in [0.25, 0.3) is 21.5 Å². The lowest BCUT2D eigenvalue weighted by Crippen LogP contribution is -2.25. The molecule has 248 valence electrons. The van der Waals surface area contributed by atoms with Gasteiger partial charge in [-0.3, -0.25) is 0 Å². The molecular formula is C43H47F2N3. The van der Waals surface area contributed by atoms with Gasteiger partial charge in [0.2, 0.25) is 0 Å². The molecule has 0 amide bonds. The molecule has 2 aliphatic rings. The van der Waals surface area contributed by atoms with E-state index in [1.807, 2.05) is 0 Å². The molecule has 0 heterocycles. The van der Waals surface area contributed by atoms with Gasteiger partial charge in [-0.2, -0.15) is 0 Å². The number of hydrogen-bond acceptors (Lipinski definition) is 3. The number of rotatable bonds is 13. The number of allylic oxidation sites excluding steroid dienone is 9. The molecule has 0 unspecified atom stereocenters. The van der Waals surface area contributed by atoms with Crippen molar-refractivity contribution in [3.8, 4) is 0 Å². The van der Waals surface area contributed by atoms with Crippen LogP contribution in [0.4, 0.5) is 25.8 Å². The molecule has 2 N–H and O–H groups in total.